The van der Waals surface area contributed by atoms with Gasteiger partial charge in [-0.25, -0.2) is 0 Å². The number of anilines is 1. The summed E-state index contributed by atoms with van der Waals surface area (Å²) in [6.07, 6.45) is 1.14. The van der Waals surface area contributed by atoms with Gasteiger partial charge < -0.3 is 20.1 Å². The Kier molecular flexibility index (Phi) is 6.01. The maximum atomic E-state index is 12.7. The largest absolute Gasteiger partial charge is 0.507 e. The van der Waals surface area contributed by atoms with Gasteiger partial charge in [0.2, 0.25) is 5.91 Å². The predicted molar refractivity (Wildman–Crippen MR) is 106 cm³/mol. The Morgan fingerprint density at radius 3 is 2.59 bits per heavy atom. The Hall–Kier alpha value is -2.54. The van der Waals surface area contributed by atoms with Gasteiger partial charge in [0, 0.05) is 23.5 Å². The molecule has 3 rings (SSSR count). The number of ether oxygens (including phenoxy) is 1. The lowest BCUT2D eigenvalue weighted by molar-refractivity contribution is -0.121. The Balaban J connectivity index is 1.60. The first kappa shape index (κ1) is 19.2. The molecule has 2 amide bonds. The zero-order chi connectivity index (χ0) is 19.4. The highest BCUT2D eigenvalue weighted by Gasteiger charge is 2.29. The quantitative estimate of drug-likeness (QED) is 0.772. The second-order valence-corrected chi connectivity index (χ2v) is 7.33. The average Bonchev–Trinajstić information content (AvgIpc) is 2.69. The summed E-state index contributed by atoms with van der Waals surface area (Å²) in [5.41, 5.74) is 0.906. The van der Waals surface area contributed by atoms with Crippen molar-refractivity contribution in [1.29, 1.82) is 0 Å². The fraction of sp³-hybridized carbons (Fsp3) is 0.300. The first-order valence-corrected chi connectivity index (χ1v) is 9.50. The van der Waals surface area contributed by atoms with E-state index in [1.807, 2.05) is 12.1 Å². The number of benzene rings is 2. The fourth-order valence-electron chi connectivity index (χ4n) is 3.18. The highest BCUT2D eigenvalue weighted by atomic mass is 79.9. The van der Waals surface area contributed by atoms with Crippen molar-refractivity contribution < 1.29 is 19.4 Å². The van der Waals surface area contributed by atoms with Crippen LogP contribution in [0.1, 0.15) is 23.2 Å². The first-order valence-electron chi connectivity index (χ1n) is 8.71. The summed E-state index contributed by atoms with van der Waals surface area (Å²) in [7, 11) is 1.56. The highest BCUT2D eigenvalue weighted by Crippen LogP contribution is 2.28. The SMILES string of the molecule is COc1ccccc1NC(=O)C1CCN(C(=O)c2cc(Br)ccc2O)CC1. The Morgan fingerprint density at radius 1 is 1.19 bits per heavy atom. The normalized spacial score (nSPS) is 14.7. The maximum absolute atomic E-state index is 12.7. The third-order valence-corrected chi connectivity index (χ3v) is 5.20. The number of hydrogen-bond donors (Lipinski definition) is 2. The number of carbonyl (C=O) groups is 2. The topological polar surface area (TPSA) is 78.9 Å². The van der Waals surface area contributed by atoms with Gasteiger partial charge in [0.15, 0.2) is 0 Å². The molecule has 1 aliphatic rings. The van der Waals surface area contributed by atoms with Gasteiger partial charge in [-0.3, -0.25) is 9.59 Å². The minimum atomic E-state index is -0.225. The van der Waals surface area contributed by atoms with Gasteiger partial charge >= 0.3 is 0 Å². The molecule has 2 aromatic carbocycles. The molecular weight excluding hydrogens is 412 g/mol. The number of aromatic hydroxyl groups is 1. The summed E-state index contributed by atoms with van der Waals surface area (Å²) in [6, 6.07) is 12.1. The van der Waals surface area contributed by atoms with E-state index in [1.54, 1.807) is 36.3 Å². The van der Waals surface area contributed by atoms with Crippen LogP contribution in [0, 0.1) is 5.92 Å². The van der Waals surface area contributed by atoms with Gasteiger partial charge in [0.25, 0.3) is 5.91 Å². The second kappa shape index (κ2) is 8.43. The molecule has 6 nitrogen and oxygen atoms in total. The number of carbonyl (C=O) groups excluding carboxylic acids is 2. The van der Waals surface area contributed by atoms with Gasteiger partial charge in [0.05, 0.1) is 18.4 Å². The number of phenols is 1. The minimum Gasteiger partial charge on any atom is -0.507 e. The number of phenolic OH excluding ortho intramolecular Hbond substituents is 1. The number of piperidine rings is 1. The highest BCUT2D eigenvalue weighted by molar-refractivity contribution is 9.10. The number of nitrogens with one attached hydrogen (secondary N) is 1. The number of amides is 2. The van der Waals surface area contributed by atoms with Crippen LogP contribution in [0.15, 0.2) is 46.9 Å². The van der Waals surface area contributed by atoms with Crippen molar-refractivity contribution in [2.75, 3.05) is 25.5 Å². The summed E-state index contributed by atoms with van der Waals surface area (Å²) in [5.74, 6) is 0.104. The van der Waals surface area contributed by atoms with Crippen molar-refractivity contribution in [3.8, 4) is 11.5 Å². The van der Waals surface area contributed by atoms with Crippen LogP contribution < -0.4 is 10.1 Å². The summed E-state index contributed by atoms with van der Waals surface area (Å²) in [4.78, 5) is 26.9. The van der Waals surface area contributed by atoms with E-state index in [0.29, 0.717) is 37.4 Å². The number of halogens is 1. The number of hydrogen-bond acceptors (Lipinski definition) is 4. The van der Waals surface area contributed by atoms with Crippen LogP contribution in [-0.2, 0) is 4.79 Å². The third kappa shape index (κ3) is 4.42. The summed E-state index contributed by atoms with van der Waals surface area (Å²) in [6.45, 7) is 0.934. The lowest BCUT2D eigenvalue weighted by Gasteiger charge is -2.31. The Labute approximate surface area is 166 Å². The van der Waals surface area contributed by atoms with Gasteiger partial charge in [-0.2, -0.15) is 0 Å². The molecule has 0 bridgehead atoms. The summed E-state index contributed by atoms with van der Waals surface area (Å²) in [5, 5.41) is 12.9. The fourth-order valence-corrected chi connectivity index (χ4v) is 3.54. The predicted octanol–water partition coefficient (Wildman–Crippen LogP) is 3.65. The van der Waals surface area contributed by atoms with E-state index < -0.39 is 0 Å². The first-order chi connectivity index (χ1) is 13.0. The molecule has 0 radical (unpaired) electrons. The number of para-hydroxylation sites is 2. The molecule has 0 unspecified atom stereocenters. The molecule has 0 saturated carbocycles. The number of methoxy groups -OCH3 is 1. The minimum absolute atomic E-state index is 0.0424. The second-order valence-electron chi connectivity index (χ2n) is 6.42. The smallest absolute Gasteiger partial charge is 0.257 e. The molecule has 1 saturated heterocycles. The zero-order valence-corrected chi connectivity index (χ0v) is 16.5. The van der Waals surface area contributed by atoms with E-state index in [2.05, 4.69) is 21.2 Å². The molecule has 0 aliphatic carbocycles. The molecule has 1 fully saturated rings. The maximum Gasteiger partial charge on any atom is 0.257 e. The van der Waals surface area contributed by atoms with Crippen molar-refractivity contribution >= 4 is 33.4 Å². The molecule has 7 heteroatoms. The molecule has 2 aromatic rings. The lowest BCUT2D eigenvalue weighted by atomic mass is 9.95. The zero-order valence-electron chi connectivity index (χ0n) is 14.9. The van der Waals surface area contributed by atoms with Crippen molar-refractivity contribution in [1.82, 2.24) is 4.90 Å². The summed E-state index contributed by atoms with van der Waals surface area (Å²) >= 11 is 3.32. The molecule has 0 aromatic heterocycles. The molecule has 0 atom stereocenters. The molecule has 1 heterocycles. The van der Waals surface area contributed by atoms with E-state index in [-0.39, 0.29) is 29.0 Å². The van der Waals surface area contributed by atoms with Crippen LogP contribution in [-0.4, -0.2) is 42.0 Å². The van der Waals surface area contributed by atoms with Crippen LogP contribution in [0.3, 0.4) is 0 Å². The van der Waals surface area contributed by atoms with Crippen LogP contribution in [0.2, 0.25) is 0 Å². The van der Waals surface area contributed by atoms with Crippen molar-refractivity contribution in [2.45, 2.75) is 12.8 Å². The number of rotatable bonds is 4. The van der Waals surface area contributed by atoms with E-state index in [4.69, 9.17) is 4.74 Å². The van der Waals surface area contributed by atoms with E-state index >= 15 is 0 Å². The van der Waals surface area contributed by atoms with Gasteiger partial charge in [-0.1, -0.05) is 28.1 Å². The Bertz CT molecular complexity index is 848. The van der Waals surface area contributed by atoms with Crippen LogP contribution in [0.25, 0.3) is 0 Å². The number of nitrogens with zero attached hydrogens (tertiary/aromatic N) is 1. The molecule has 27 heavy (non-hydrogen) atoms. The monoisotopic (exact) mass is 432 g/mol. The molecule has 142 valence electrons. The van der Waals surface area contributed by atoms with Crippen molar-refractivity contribution in [2.24, 2.45) is 5.92 Å². The third-order valence-electron chi connectivity index (χ3n) is 4.71. The van der Waals surface area contributed by atoms with Crippen LogP contribution >= 0.6 is 15.9 Å². The lowest BCUT2D eigenvalue weighted by Crippen LogP contribution is -2.41. The van der Waals surface area contributed by atoms with E-state index in [1.165, 1.54) is 6.07 Å². The van der Waals surface area contributed by atoms with Gasteiger partial charge in [-0.15, -0.1) is 0 Å². The van der Waals surface area contributed by atoms with E-state index in [0.717, 1.165) is 4.47 Å². The average molecular weight is 433 g/mol. The molecular formula is C20H21BrN2O4. The number of likely N-dealkylation sites (tertiary alicyclic amines) is 1. The standard InChI is InChI=1S/C20H21BrN2O4/c1-27-18-5-3-2-4-16(18)22-19(25)13-8-10-23(11-9-13)20(26)15-12-14(21)6-7-17(15)24/h2-7,12-13,24H,8-11H2,1H3,(H,22,25). The van der Waals surface area contributed by atoms with Crippen LogP contribution in [0.4, 0.5) is 5.69 Å². The van der Waals surface area contributed by atoms with Crippen molar-refractivity contribution in [3.63, 3.8) is 0 Å². The van der Waals surface area contributed by atoms with Gasteiger partial charge in [-0.05, 0) is 43.2 Å². The summed E-state index contributed by atoms with van der Waals surface area (Å²) < 4.78 is 5.99. The van der Waals surface area contributed by atoms with Gasteiger partial charge in [0.1, 0.15) is 11.5 Å². The van der Waals surface area contributed by atoms with Crippen LogP contribution in [0.5, 0.6) is 11.5 Å². The molecule has 0 spiro atoms. The molecule has 1 aliphatic heterocycles. The van der Waals surface area contributed by atoms with Crippen molar-refractivity contribution in [3.05, 3.63) is 52.5 Å². The Morgan fingerprint density at radius 2 is 1.89 bits per heavy atom. The molecule has 2 N–H and O–H groups in total. The van der Waals surface area contributed by atoms with E-state index in [9.17, 15) is 14.7 Å².